The fourth-order valence-corrected chi connectivity index (χ4v) is 3.55. The van der Waals surface area contributed by atoms with Gasteiger partial charge in [-0.1, -0.05) is 48.9 Å². The molecule has 2 rings (SSSR count). The second-order valence-corrected chi connectivity index (χ2v) is 6.66. The molecule has 112 valence electrons. The average Bonchev–Trinajstić information content (AvgIpc) is 2.48. The summed E-state index contributed by atoms with van der Waals surface area (Å²) in [7, 11) is 0. The van der Waals surface area contributed by atoms with Gasteiger partial charge in [0.1, 0.15) is 0 Å². The number of halogens is 1. The smallest absolute Gasteiger partial charge is 0.0438 e. The minimum absolute atomic E-state index is 0.317. The first kappa shape index (κ1) is 16.4. The van der Waals surface area contributed by atoms with Crippen molar-refractivity contribution < 1.29 is 0 Å². The zero-order chi connectivity index (χ0) is 15.2. The summed E-state index contributed by atoms with van der Waals surface area (Å²) in [6.45, 7) is 7.29. The SMILES string of the molecule is CCNC(CSc1ccccc1C)c1ccc(C)c(Cl)c1. The molecule has 0 radical (unpaired) electrons. The monoisotopic (exact) mass is 319 g/mol. The Labute approximate surface area is 137 Å². The maximum absolute atomic E-state index is 6.27. The molecular formula is C18H22ClNS. The van der Waals surface area contributed by atoms with E-state index in [1.165, 1.54) is 16.0 Å². The van der Waals surface area contributed by atoms with Gasteiger partial charge in [-0.3, -0.25) is 0 Å². The lowest BCUT2D eigenvalue weighted by atomic mass is 10.1. The number of hydrogen-bond donors (Lipinski definition) is 1. The molecule has 1 nitrogen and oxygen atoms in total. The molecule has 1 atom stereocenters. The van der Waals surface area contributed by atoms with Crippen LogP contribution in [-0.2, 0) is 0 Å². The van der Waals surface area contributed by atoms with Gasteiger partial charge in [0.25, 0.3) is 0 Å². The molecule has 0 aliphatic heterocycles. The van der Waals surface area contributed by atoms with Crippen molar-refractivity contribution in [2.75, 3.05) is 12.3 Å². The summed E-state index contributed by atoms with van der Waals surface area (Å²) in [6.07, 6.45) is 0. The second-order valence-electron chi connectivity index (χ2n) is 5.20. The standard InChI is InChI=1S/C18H22ClNS/c1-4-20-17(15-10-9-13(2)16(19)11-15)12-21-18-8-6-5-7-14(18)3/h5-11,17,20H,4,12H2,1-3H3. The molecule has 0 bridgehead atoms. The Bertz CT molecular complexity index is 598. The molecule has 0 saturated heterocycles. The second kappa shape index (κ2) is 7.88. The summed E-state index contributed by atoms with van der Waals surface area (Å²) in [4.78, 5) is 1.35. The van der Waals surface area contributed by atoms with E-state index in [9.17, 15) is 0 Å². The lowest BCUT2D eigenvalue weighted by Gasteiger charge is -2.19. The van der Waals surface area contributed by atoms with Crippen molar-refractivity contribution in [3.05, 3.63) is 64.2 Å². The highest BCUT2D eigenvalue weighted by molar-refractivity contribution is 7.99. The summed E-state index contributed by atoms with van der Waals surface area (Å²) in [5.41, 5.74) is 3.72. The van der Waals surface area contributed by atoms with Gasteiger partial charge in [-0.25, -0.2) is 0 Å². The van der Waals surface area contributed by atoms with Gasteiger partial charge in [0, 0.05) is 21.7 Å². The van der Waals surface area contributed by atoms with E-state index in [0.29, 0.717) is 6.04 Å². The van der Waals surface area contributed by atoms with Crippen LogP contribution in [-0.4, -0.2) is 12.3 Å². The summed E-state index contributed by atoms with van der Waals surface area (Å²) in [5, 5.41) is 4.40. The maximum atomic E-state index is 6.27. The Morgan fingerprint density at radius 3 is 2.52 bits per heavy atom. The highest BCUT2D eigenvalue weighted by Crippen LogP contribution is 2.28. The van der Waals surface area contributed by atoms with E-state index in [0.717, 1.165) is 22.9 Å². The highest BCUT2D eigenvalue weighted by Gasteiger charge is 2.12. The molecule has 0 saturated carbocycles. The zero-order valence-electron chi connectivity index (χ0n) is 12.8. The molecule has 2 aromatic rings. The topological polar surface area (TPSA) is 12.0 Å². The molecule has 0 aliphatic rings. The first-order valence-corrected chi connectivity index (χ1v) is 8.66. The fraction of sp³-hybridized carbons (Fsp3) is 0.333. The Hall–Kier alpha value is -0.960. The molecule has 3 heteroatoms. The predicted molar refractivity (Wildman–Crippen MR) is 94.5 cm³/mol. The van der Waals surface area contributed by atoms with Crippen LogP contribution < -0.4 is 5.32 Å². The van der Waals surface area contributed by atoms with Crippen LogP contribution in [0.1, 0.15) is 29.7 Å². The molecule has 0 heterocycles. The van der Waals surface area contributed by atoms with Crippen molar-refractivity contribution in [1.29, 1.82) is 0 Å². The van der Waals surface area contributed by atoms with Crippen LogP contribution in [0.3, 0.4) is 0 Å². The van der Waals surface area contributed by atoms with E-state index in [4.69, 9.17) is 11.6 Å². The normalized spacial score (nSPS) is 12.4. The molecule has 0 aromatic heterocycles. The van der Waals surface area contributed by atoms with Gasteiger partial charge < -0.3 is 5.32 Å². The van der Waals surface area contributed by atoms with E-state index in [1.54, 1.807) is 0 Å². The van der Waals surface area contributed by atoms with Gasteiger partial charge >= 0.3 is 0 Å². The fourth-order valence-electron chi connectivity index (χ4n) is 2.24. The van der Waals surface area contributed by atoms with Crippen molar-refractivity contribution in [3.63, 3.8) is 0 Å². The first-order valence-electron chi connectivity index (χ1n) is 7.29. The number of benzene rings is 2. The van der Waals surface area contributed by atoms with Crippen molar-refractivity contribution in [2.45, 2.75) is 31.7 Å². The zero-order valence-corrected chi connectivity index (χ0v) is 14.4. The number of aryl methyl sites for hydroxylation is 2. The van der Waals surface area contributed by atoms with Crippen molar-refractivity contribution >= 4 is 23.4 Å². The lowest BCUT2D eigenvalue weighted by Crippen LogP contribution is -2.23. The van der Waals surface area contributed by atoms with Gasteiger partial charge in [-0.15, -0.1) is 11.8 Å². The van der Waals surface area contributed by atoms with Crippen LogP contribution in [0, 0.1) is 13.8 Å². The quantitative estimate of drug-likeness (QED) is 0.715. The van der Waals surface area contributed by atoms with Gasteiger partial charge in [-0.2, -0.15) is 0 Å². The molecule has 1 unspecified atom stereocenters. The molecule has 0 amide bonds. The summed E-state index contributed by atoms with van der Waals surface area (Å²) >= 11 is 8.16. The molecule has 1 N–H and O–H groups in total. The van der Waals surface area contributed by atoms with E-state index in [1.807, 2.05) is 18.7 Å². The van der Waals surface area contributed by atoms with E-state index in [2.05, 4.69) is 61.6 Å². The summed E-state index contributed by atoms with van der Waals surface area (Å²) in [6, 6.07) is 15.2. The van der Waals surface area contributed by atoms with Gasteiger partial charge in [0.15, 0.2) is 0 Å². The maximum Gasteiger partial charge on any atom is 0.0438 e. The van der Waals surface area contributed by atoms with Crippen molar-refractivity contribution in [3.8, 4) is 0 Å². The Morgan fingerprint density at radius 1 is 1.10 bits per heavy atom. The summed E-state index contributed by atoms with van der Waals surface area (Å²) in [5.74, 6) is 0.998. The number of rotatable bonds is 6. The van der Waals surface area contributed by atoms with Crippen LogP contribution >= 0.6 is 23.4 Å². The van der Waals surface area contributed by atoms with Gasteiger partial charge in [-0.05, 0) is 49.2 Å². The van der Waals surface area contributed by atoms with Crippen LogP contribution in [0.5, 0.6) is 0 Å². The minimum Gasteiger partial charge on any atom is -0.309 e. The minimum atomic E-state index is 0.317. The third kappa shape index (κ3) is 4.50. The van der Waals surface area contributed by atoms with Gasteiger partial charge in [0.2, 0.25) is 0 Å². The summed E-state index contributed by atoms with van der Waals surface area (Å²) < 4.78 is 0. The number of thioether (sulfide) groups is 1. The number of hydrogen-bond acceptors (Lipinski definition) is 2. The number of nitrogens with one attached hydrogen (secondary N) is 1. The average molecular weight is 320 g/mol. The molecule has 0 aliphatic carbocycles. The third-order valence-electron chi connectivity index (χ3n) is 3.55. The van der Waals surface area contributed by atoms with Crippen LogP contribution in [0.4, 0.5) is 0 Å². The third-order valence-corrected chi connectivity index (χ3v) is 5.22. The largest absolute Gasteiger partial charge is 0.309 e. The van der Waals surface area contributed by atoms with Crippen LogP contribution in [0.25, 0.3) is 0 Å². The Kier molecular flexibility index (Phi) is 6.16. The first-order chi connectivity index (χ1) is 10.1. The Morgan fingerprint density at radius 2 is 1.86 bits per heavy atom. The van der Waals surface area contributed by atoms with E-state index < -0.39 is 0 Å². The highest BCUT2D eigenvalue weighted by atomic mass is 35.5. The predicted octanol–water partition coefficient (Wildman–Crippen LogP) is 5.40. The van der Waals surface area contributed by atoms with Crippen LogP contribution in [0.2, 0.25) is 5.02 Å². The van der Waals surface area contributed by atoms with Gasteiger partial charge in [0.05, 0.1) is 0 Å². The molecule has 21 heavy (non-hydrogen) atoms. The molecule has 2 aromatic carbocycles. The van der Waals surface area contributed by atoms with E-state index in [-0.39, 0.29) is 0 Å². The lowest BCUT2D eigenvalue weighted by molar-refractivity contribution is 0.606. The molecular weight excluding hydrogens is 298 g/mol. The van der Waals surface area contributed by atoms with Crippen molar-refractivity contribution in [1.82, 2.24) is 5.32 Å². The molecule has 0 spiro atoms. The van der Waals surface area contributed by atoms with Crippen LogP contribution in [0.15, 0.2) is 47.4 Å². The molecule has 0 fully saturated rings. The van der Waals surface area contributed by atoms with Crippen molar-refractivity contribution in [2.24, 2.45) is 0 Å². The van der Waals surface area contributed by atoms with E-state index >= 15 is 0 Å². The Balaban J connectivity index is 2.12.